The average Bonchev–Trinajstić information content (AvgIpc) is 3.95. The molecule has 0 radical (unpaired) electrons. The normalized spacial score (nSPS) is 11.4. The Hall–Kier alpha value is -7.00. The molecule has 0 bridgehead atoms. The van der Waals surface area contributed by atoms with Gasteiger partial charge in [-0.3, -0.25) is 5.41 Å². The number of aryl methyl sites for hydroxylation is 1. The van der Waals surface area contributed by atoms with Crippen molar-refractivity contribution in [2.75, 3.05) is 5.73 Å². The monoisotopic (exact) mass is 771 g/mol. The third-order valence-corrected chi connectivity index (χ3v) is 12.6. The van der Waals surface area contributed by atoms with Gasteiger partial charge < -0.3 is 10.2 Å². The third-order valence-electron chi connectivity index (χ3n) is 10.1. The lowest BCUT2D eigenvalue weighted by atomic mass is 10.0. The molecule has 0 fully saturated rings. The fourth-order valence-electron chi connectivity index (χ4n) is 7.37. The van der Waals surface area contributed by atoms with E-state index < -0.39 is 0 Å². The quantitative estimate of drug-likeness (QED) is 0.170. The highest BCUT2D eigenvalue weighted by atomic mass is 32.1. The lowest BCUT2D eigenvalue weighted by Gasteiger charge is -2.10. The van der Waals surface area contributed by atoms with Gasteiger partial charge in [0.1, 0.15) is 11.2 Å². The van der Waals surface area contributed by atoms with Gasteiger partial charge in [0.2, 0.25) is 0 Å². The van der Waals surface area contributed by atoms with Crippen molar-refractivity contribution in [3.8, 4) is 34.2 Å². The fraction of sp³-hybridized carbons (Fsp3) is 0.0204. The number of nitrogens with zero attached hydrogens (tertiary/aromatic N) is 3. The van der Waals surface area contributed by atoms with Gasteiger partial charge >= 0.3 is 0 Å². The summed E-state index contributed by atoms with van der Waals surface area (Å²) >= 11 is 3.36. The lowest BCUT2D eigenvalue weighted by molar-refractivity contribution is 0.669. The first kappa shape index (κ1) is 34.5. The Morgan fingerprint density at radius 3 is 1.93 bits per heavy atom. The summed E-state index contributed by atoms with van der Waals surface area (Å²) in [4.78, 5) is 16.0. The largest absolute Gasteiger partial charge is 0.456 e. The first-order valence-corrected chi connectivity index (χ1v) is 20.2. The minimum absolute atomic E-state index is 0.495. The summed E-state index contributed by atoms with van der Waals surface area (Å²) in [5.74, 6) is 1.94. The van der Waals surface area contributed by atoms with E-state index in [0.29, 0.717) is 28.9 Å². The number of benzene rings is 7. The highest BCUT2D eigenvalue weighted by molar-refractivity contribution is 7.26. The second-order valence-corrected chi connectivity index (χ2v) is 15.9. The minimum atomic E-state index is 0.495. The number of hydrogen-bond donors (Lipinski definition) is 2. The predicted octanol–water partition coefficient (Wildman–Crippen LogP) is 13.3. The molecule has 0 unspecified atom stereocenters. The molecule has 272 valence electrons. The van der Waals surface area contributed by atoms with E-state index in [0.717, 1.165) is 59.2 Å². The minimum Gasteiger partial charge on any atom is -0.456 e. The summed E-state index contributed by atoms with van der Waals surface area (Å²) < 4.78 is 9.78. The van der Waals surface area contributed by atoms with Gasteiger partial charge in [-0.2, -0.15) is 0 Å². The summed E-state index contributed by atoms with van der Waals surface area (Å²) in [6, 6.07) is 55.1. The summed E-state index contributed by atoms with van der Waals surface area (Å²) in [5.41, 5.74) is 14.0. The number of fused-ring (bicyclic) bond motifs is 7. The van der Waals surface area contributed by atoms with Crippen molar-refractivity contribution in [2.24, 2.45) is 0 Å². The summed E-state index contributed by atoms with van der Waals surface area (Å²) in [5, 5.41) is 13.9. The van der Waals surface area contributed by atoms with Gasteiger partial charge in [-0.15, -0.1) is 22.7 Å². The first-order chi connectivity index (χ1) is 28.0. The Morgan fingerprint density at radius 2 is 1.16 bits per heavy atom. The molecule has 0 spiro atoms. The average molecular weight is 772 g/mol. The molecule has 57 heavy (non-hydrogen) atoms. The topological polar surface area (TPSA) is 102 Å². The van der Waals surface area contributed by atoms with Crippen LogP contribution in [0.3, 0.4) is 0 Å². The maximum absolute atomic E-state index is 8.27. The van der Waals surface area contributed by atoms with Gasteiger partial charge in [-0.1, -0.05) is 133 Å². The zero-order valence-corrected chi connectivity index (χ0v) is 32.4. The number of aromatic nitrogens is 3. The number of nitrogens with two attached hydrogens (primary N) is 1. The molecule has 0 amide bonds. The van der Waals surface area contributed by atoms with Crippen LogP contribution in [0, 0.1) is 12.3 Å². The van der Waals surface area contributed by atoms with Crippen molar-refractivity contribution >= 4 is 86.3 Å². The van der Waals surface area contributed by atoms with Gasteiger partial charge in [0.05, 0.1) is 16.3 Å². The van der Waals surface area contributed by atoms with Crippen LogP contribution in [0.15, 0.2) is 168 Å². The Kier molecular flexibility index (Phi) is 8.62. The van der Waals surface area contributed by atoms with Crippen molar-refractivity contribution in [2.45, 2.75) is 6.92 Å². The number of anilines is 1. The Balaban J connectivity index is 0.000000184. The van der Waals surface area contributed by atoms with Gasteiger partial charge in [0.25, 0.3) is 0 Å². The molecule has 11 rings (SSSR count). The summed E-state index contributed by atoms with van der Waals surface area (Å²) in [7, 11) is 0. The highest BCUT2D eigenvalue weighted by Crippen LogP contribution is 2.41. The van der Waals surface area contributed by atoms with Gasteiger partial charge in [-0.05, 0) is 43.3 Å². The number of hydrogen-bond acceptors (Lipinski definition) is 8. The van der Waals surface area contributed by atoms with Crippen LogP contribution in [0.5, 0.6) is 0 Å². The molecule has 0 aliphatic carbocycles. The molecule has 8 heteroatoms. The predicted molar refractivity (Wildman–Crippen MR) is 240 cm³/mol. The van der Waals surface area contributed by atoms with E-state index >= 15 is 0 Å². The standard InChI is InChI=1S/C34H21N3OS.C15H12N2S/c1-20-17-18-27-26(19-20)30-24(13-8-15-28(30)38-27)33-35-32(21-9-3-2-4-10-21)36-34(37-33)25-14-7-12-23-22-11-5-6-16-29(22)39-31(23)25;16-13(10-6-2-1-3-7-10)15-14(17)11-8-4-5-9-12(11)18-15/h2-19H,1H3;1-9,16H,17H2. The molecule has 0 atom stereocenters. The number of nitrogen functional groups attached to an aromatic ring is 1. The van der Waals surface area contributed by atoms with Crippen LogP contribution in [0.4, 0.5) is 5.69 Å². The van der Waals surface area contributed by atoms with Crippen molar-refractivity contribution in [3.63, 3.8) is 0 Å². The highest BCUT2D eigenvalue weighted by Gasteiger charge is 2.20. The Labute approximate surface area is 336 Å². The van der Waals surface area contributed by atoms with Crippen LogP contribution in [-0.4, -0.2) is 20.7 Å². The second-order valence-electron chi connectivity index (χ2n) is 13.8. The number of rotatable bonds is 5. The third kappa shape index (κ3) is 6.21. The van der Waals surface area contributed by atoms with E-state index in [-0.39, 0.29) is 0 Å². The van der Waals surface area contributed by atoms with Crippen LogP contribution >= 0.6 is 22.7 Å². The molecular formula is C49H33N5OS2. The maximum Gasteiger partial charge on any atom is 0.165 e. The molecule has 11 aromatic rings. The first-order valence-electron chi connectivity index (χ1n) is 18.6. The zero-order chi connectivity index (χ0) is 38.5. The van der Waals surface area contributed by atoms with E-state index in [1.54, 1.807) is 22.7 Å². The molecule has 0 saturated heterocycles. The van der Waals surface area contributed by atoms with Crippen LogP contribution in [0.25, 0.3) is 86.4 Å². The molecule has 3 N–H and O–H groups in total. The van der Waals surface area contributed by atoms with Crippen molar-refractivity contribution in [3.05, 3.63) is 180 Å². The van der Waals surface area contributed by atoms with E-state index in [1.165, 1.54) is 25.7 Å². The molecular weight excluding hydrogens is 739 g/mol. The van der Waals surface area contributed by atoms with Crippen LogP contribution < -0.4 is 5.73 Å². The maximum atomic E-state index is 8.27. The SMILES string of the molecule is Cc1ccc2oc3cccc(-c4nc(-c5ccccc5)nc(-c5cccc6c5sc5ccccc56)n4)c3c2c1.N=C(c1ccccc1)c1sc2ccccc2c1N. The van der Waals surface area contributed by atoms with Gasteiger partial charge in [0.15, 0.2) is 17.5 Å². The smallest absolute Gasteiger partial charge is 0.165 e. The lowest BCUT2D eigenvalue weighted by Crippen LogP contribution is -2.01. The fourth-order valence-corrected chi connectivity index (χ4v) is 9.68. The van der Waals surface area contributed by atoms with Crippen LogP contribution in [0.2, 0.25) is 0 Å². The van der Waals surface area contributed by atoms with E-state index in [9.17, 15) is 0 Å². The molecule has 6 nitrogen and oxygen atoms in total. The van der Waals surface area contributed by atoms with E-state index in [4.69, 9.17) is 30.5 Å². The summed E-state index contributed by atoms with van der Waals surface area (Å²) in [6.07, 6.45) is 0. The molecule has 4 heterocycles. The number of furan rings is 1. The van der Waals surface area contributed by atoms with Gasteiger partial charge in [0, 0.05) is 63.3 Å². The zero-order valence-electron chi connectivity index (χ0n) is 30.7. The van der Waals surface area contributed by atoms with Crippen LogP contribution in [0.1, 0.15) is 16.0 Å². The Bertz CT molecular complexity index is 3290. The van der Waals surface area contributed by atoms with Crippen LogP contribution in [-0.2, 0) is 0 Å². The Morgan fingerprint density at radius 1 is 0.544 bits per heavy atom. The number of nitrogens with one attached hydrogen (secondary N) is 1. The summed E-state index contributed by atoms with van der Waals surface area (Å²) in [6.45, 7) is 2.10. The molecule has 7 aromatic carbocycles. The van der Waals surface area contributed by atoms with E-state index in [1.807, 2.05) is 103 Å². The van der Waals surface area contributed by atoms with Gasteiger partial charge in [-0.25, -0.2) is 15.0 Å². The molecule has 0 saturated carbocycles. The molecule has 0 aliphatic heterocycles. The number of thiophene rings is 2. The molecule has 4 aromatic heterocycles. The second kappa shape index (κ2) is 14.3. The van der Waals surface area contributed by atoms with Crippen molar-refractivity contribution in [1.29, 1.82) is 5.41 Å². The van der Waals surface area contributed by atoms with Crippen molar-refractivity contribution < 1.29 is 4.42 Å². The van der Waals surface area contributed by atoms with E-state index in [2.05, 4.69) is 67.6 Å². The van der Waals surface area contributed by atoms with Crippen molar-refractivity contribution in [1.82, 2.24) is 15.0 Å². The molecule has 0 aliphatic rings.